The Balaban J connectivity index is 1.87. The zero-order chi connectivity index (χ0) is 26.0. The Hall–Kier alpha value is -2.31. The average Bonchev–Trinajstić information content (AvgIpc) is 2.89. The van der Waals surface area contributed by atoms with Gasteiger partial charge < -0.3 is 15.4 Å². The van der Waals surface area contributed by atoms with Gasteiger partial charge in [0.25, 0.3) is 11.8 Å². The molecule has 2 N–H and O–H groups in total. The highest BCUT2D eigenvalue weighted by atomic mass is 32.2. The third kappa shape index (κ3) is 11.2. The number of unbranched alkanes of at least 4 members (excludes halogenated alkanes) is 7. The van der Waals surface area contributed by atoms with E-state index in [0.29, 0.717) is 30.0 Å². The summed E-state index contributed by atoms with van der Waals surface area (Å²) in [5.41, 5.74) is 2.85. The molecule has 0 spiro atoms. The fourth-order valence-corrected chi connectivity index (χ4v) is 4.93. The van der Waals surface area contributed by atoms with E-state index in [0.717, 1.165) is 24.2 Å². The number of methoxy groups -OCH3 is 1. The van der Waals surface area contributed by atoms with Gasteiger partial charge in [-0.2, -0.15) is 0 Å². The lowest BCUT2D eigenvalue weighted by molar-refractivity contribution is 0.0936. The van der Waals surface area contributed by atoms with Crippen LogP contribution in [0.5, 0.6) is 0 Å². The molecule has 0 saturated carbocycles. The number of rotatable bonds is 18. The minimum atomic E-state index is -0.177. The van der Waals surface area contributed by atoms with Gasteiger partial charge in [-0.3, -0.25) is 9.59 Å². The monoisotopic (exact) mass is 512 g/mol. The van der Waals surface area contributed by atoms with Crippen LogP contribution in [-0.2, 0) is 11.2 Å². The number of carbonyl (C=O) groups is 2. The molecule has 0 bridgehead atoms. The average molecular weight is 513 g/mol. The van der Waals surface area contributed by atoms with Crippen LogP contribution in [0.15, 0.2) is 47.4 Å². The van der Waals surface area contributed by atoms with Crippen molar-refractivity contribution in [1.29, 1.82) is 0 Å². The molecule has 0 heterocycles. The molecular formula is C30H44N2O3S. The summed E-state index contributed by atoms with van der Waals surface area (Å²) in [5, 5.41) is 5.86. The molecule has 0 fully saturated rings. The molecule has 36 heavy (non-hydrogen) atoms. The van der Waals surface area contributed by atoms with Crippen LogP contribution in [-0.4, -0.2) is 37.8 Å². The summed E-state index contributed by atoms with van der Waals surface area (Å²) in [6, 6.07) is 13.3. The first-order chi connectivity index (χ1) is 17.6. The molecule has 2 amide bonds. The largest absolute Gasteiger partial charge is 0.383 e. The first-order valence-corrected chi connectivity index (χ1v) is 14.5. The minimum absolute atomic E-state index is 0.163. The van der Waals surface area contributed by atoms with E-state index in [9.17, 15) is 9.59 Å². The maximum Gasteiger partial charge on any atom is 0.255 e. The van der Waals surface area contributed by atoms with E-state index < -0.39 is 0 Å². The van der Waals surface area contributed by atoms with Gasteiger partial charge in [0.2, 0.25) is 0 Å². The van der Waals surface area contributed by atoms with Crippen LogP contribution < -0.4 is 10.6 Å². The van der Waals surface area contributed by atoms with Crippen molar-refractivity contribution in [2.45, 2.75) is 83.0 Å². The number of amides is 2. The molecule has 0 aliphatic rings. The minimum Gasteiger partial charge on any atom is -0.383 e. The van der Waals surface area contributed by atoms with E-state index >= 15 is 0 Å². The molecule has 0 aromatic heterocycles. The lowest BCUT2D eigenvalue weighted by atomic mass is 10.0. The van der Waals surface area contributed by atoms with E-state index in [-0.39, 0.29) is 11.8 Å². The van der Waals surface area contributed by atoms with Gasteiger partial charge in [0.05, 0.1) is 6.61 Å². The standard InChI is InChI=1S/C30H44N2O3S/c1-4-6-7-8-9-10-11-12-22-36-27-18-16-25(17-19-27)30(34)32-28-23-26(15-14-24(28)13-5-2)29(33)31-20-21-35-3/h14-19,23H,4-13,20-22H2,1-3H3,(H,31,33)(H,32,34). The van der Waals surface area contributed by atoms with Crippen LogP contribution in [0.3, 0.4) is 0 Å². The predicted octanol–water partition coefficient (Wildman–Crippen LogP) is 7.50. The summed E-state index contributed by atoms with van der Waals surface area (Å²) in [5.74, 6) is 0.771. The zero-order valence-electron chi connectivity index (χ0n) is 22.4. The van der Waals surface area contributed by atoms with Crippen molar-refractivity contribution in [3.05, 3.63) is 59.2 Å². The molecule has 0 unspecified atom stereocenters. The fraction of sp³-hybridized carbons (Fsp3) is 0.533. The zero-order valence-corrected chi connectivity index (χ0v) is 23.2. The first kappa shape index (κ1) is 29.9. The Bertz CT molecular complexity index is 915. The van der Waals surface area contributed by atoms with Gasteiger partial charge in [0.1, 0.15) is 0 Å². The van der Waals surface area contributed by atoms with Gasteiger partial charge in [0.15, 0.2) is 0 Å². The summed E-state index contributed by atoms with van der Waals surface area (Å²) >= 11 is 1.85. The number of aryl methyl sites for hydroxylation is 1. The summed E-state index contributed by atoms with van der Waals surface area (Å²) in [4.78, 5) is 26.6. The molecule has 0 aliphatic heterocycles. The van der Waals surface area contributed by atoms with Crippen molar-refractivity contribution in [2.75, 3.05) is 31.3 Å². The van der Waals surface area contributed by atoms with Crippen LogP contribution >= 0.6 is 11.8 Å². The summed E-state index contributed by atoms with van der Waals surface area (Å²) < 4.78 is 4.99. The fourth-order valence-electron chi connectivity index (χ4n) is 4.01. The molecule has 2 aromatic carbocycles. The maximum atomic E-state index is 13.0. The van der Waals surface area contributed by atoms with Gasteiger partial charge in [-0.15, -0.1) is 11.8 Å². The predicted molar refractivity (Wildman–Crippen MR) is 152 cm³/mol. The van der Waals surface area contributed by atoms with Crippen molar-refractivity contribution < 1.29 is 14.3 Å². The molecule has 2 rings (SSSR count). The molecular weight excluding hydrogens is 468 g/mol. The molecule has 2 aromatic rings. The summed E-state index contributed by atoms with van der Waals surface area (Å²) in [6.07, 6.45) is 12.4. The number of thioether (sulfide) groups is 1. The van der Waals surface area contributed by atoms with Gasteiger partial charge >= 0.3 is 0 Å². The van der Waals surface area contributed by atoms with Crippen molar-refractivity contribution in [1.82, 2.24) is 5.32 Å². The second kappa shape index (κ2) is 18.0. The van der Waals surface area contributed by atoms with Crippen LogP contribution in [0.25, 0.3) is 0 Å². The molecule has 5 nitrogen and oxygen atoms in total. The van der Waals surface area contributed by atoms with Gasteiger partial charge in [0, 0.05) is 35.4 Å². The van der Waals surface area contributed by atoms with Crippen LogP contribution in [0.2, 0.25) is 0 Å². The Morgan fingerprint density at radius 1 is 0.806 bits per heavy atom. The van der Waals surface area contributed by atoms with Crippen molar-refractivity contribution in [3.63, 3.8) is 0 Å². The number of nitrogens with one attached hydrogen (secondary N) is 2. The third-order valence-corrected chi connectivity index (χ3v) is 7.21. The number of ether oxygens (including phenoxy) is 1. The van der Waals surface area contributed by atoms with E-state index in [1.807, 2.05) is 42.1 Å². The number of benzene rings is 2. The second-order valence-electron chi connectivity index (χ2n) is 9.17. The second-order valence-corrected chi connectivity index (χ2v) is 10.3. The lowest BCUT2D eigenvalue weighted by Gasteiger charge is -2.13. The van der Waals surface area contributed by atoms with E-state index in [4.69, 9.17) is 4.74 Å². The molecule has 0 atom stereocenters. The topological polar surface area (TPSA) is 67.4 Å². The van der Waals surface area contributed by atoms with Gasteiger partial charge in [-0.05, 0) is 60.6 Å². The Morgan fingerprint density at radius 2 is 1.47 bits per heavy atom. The van der Waals surface area contributed by atoms with Crippen LogP contribution in [0, 0.1) is 0 Å². The lowest BCUT2D eigenvalue weighted by Crippen LogP contribution is -2.27. The Kier molecular flexibility index (Phi) is 15.0. The van der Waals surface area contributed by atoms with Crippen molar-refractivity contribution in [2.24, 2.45) is 0 Å². The summed E-state index contributed by atoms with van der Waals surface area (Å²) in [7, 11) is 1.60. The molecule has 0 radical (unpaired) electrons. The number of hydrogen-bond acceptors (Lipinski definition) is 4. The highest BCUT2D eigenvalue weighted by molar-refractivity contribution is 7.99. The van der Waals surface area contributed by atoms with Crippen LogP contribution in [0.4, 0.5) is 5.69 Å². The molecule has 6 heteroatoms. The van der Waals surface area contributed by atoms with E-state index in [2.05, 4.69) is 24.5 Å². The van der Waals surface area contributed by atoms with Crippen LogP contribution in [0.1, 0.15) is 97.9 Å². The number of carbonyl (C=O) groups excluding carboxylic acids is 2. The molecule has 0 saturated heterocycles. The number of hydrogen-bond donors (Lipinski definition) is 2. The quantitative estimate of drug-likeness (QED) is 0.160. The molecule has 198 valence electrons. The normalized spacial score (nSPS) is 10.9. The highest BCUT2D eigenvalue weighted by Gasteiger charge is 2.13. The van der Waals surface area contributed by atoms with Gasteiger partial charge in [-0.1, -0.05) is 71.3 Å². The highest BCUT2D eigenvalue weighted by Crippen LogP contribution is 2.23. The number of anilines is 1. The van der Waals surface area contributed by atoms with Crippen molar-refractivity contribution in [3.8, 4) is 0 Å². The third-order valence-electron chi connectivity index (χ3n) is 6.11. The smallest absolute Gasteiger partial charge is 0.255 e. The van der Waals surface area contributed by atoms with E-state index in [1.165, 1.54) is 56.3 Å². The maximum absolute atomic E-state index is 13.0. The van der Waals surface area contributed by atoms with Gasteiger partial charge in [-0.25, -0.2) is 0 Å². The SMILES string of the molecule is CCCCCCCCCCSc1ccc(C(=O)Nc2cc(C(=O)NCCOC)ccc2CCC)cc1. The Labute approximate surface area is 222 Å². The molecule has 0 aliphatic carbocycles. The van der Waals surface area contributed by atoms with Crippen molar-refractivity contribution >= 4 is 29.3 Å². The van der Waals surface area contributed by atoms with E-state index in [1.54, 1.807) is 19.2 Å². The summed E-state index contributed by atoms with van der Waals surface area (Å²) in [6.45, 7) is 5.25. The first-order valence-electron chi connectivity index (χ1n) is 13.5. The Morgan fingerprint density at radius 3 is 2.14 bits per heavy atom.